The molecule has 36 heavy (non-hydrogen) atoms. The highest BCUT2D eigenvalue weighted by atomic mass is 16.2. The number of hydrogen-bond acceptors (Lipinski definition) is 5. The smallest absolute Gasteiger partial charge is 0.251 e. The summed E-state index contributed by atoms with van der Waals surface area (Å²) in [4.78, 5) is 58.4. The van der Waals surface area contributed by atoms with Gasteiger partial charge in [-0.25, -0.2) is 0 Å². The van der Waals surface area contributed by atoms with Gasteiger partial charge in [0.2, 0.25) is 11.8 Å². The molecule has 2 heterocycles. The molecule has 1 aromatic rings. The molecule has 196 valence electrons. The van der Waals surface area contributed by atoms with E-state index in [9.17, 15) is 19.2 Å². The second kappa shape index (κ2) is 11.0. The molecular formula is C28H40N4O4. The Hall–Kier alpha value is -2.90. The Bertz CT molecular complexity index is 984. The number of likely N-dealkylation sites (tertiary alicyclic amines) is 2. The number of amides is 3. The van der Waals surface area contributed by atoms with Gasteiger partial charge in [0, 0.05) is 37.8 Å². The Labute approximate surface area is 214 Å². The third-order valence-corrected chi connectivity index (χ3v) is 7.90. The molecule has 8 nitrogen and oxygen atoms in total. The average Bonchev–Trinajstić information content (AvgIpc) is 3.44. The summed E-state index contributed by atoms with van der Waals surface area (Å²) >= 11 is 0. The summed E-state index contributed by atoms with van der Waals surface area (Å²) in [6.07, 6.45) is 6.15. The molecule has 3 atom stereocenters. The normalized spacial score (nSPS) is 23.1. The Morgan fingerprint density at radius 1 is 1.00 bits per heavy atom. The first-order chi connectivity index (χ1) is 17.2. The van der Waals surface area contributed by atoms with Crippen LogP contribution in [-0.4, -0.2) is 78.6 Å². The third kappa shape index (κ3) is 5.42. The first-order valence-corrected chi connectivity index (χ1v) is 13.4. The topological polar surface area (TPSA) is 90.0 Å². The number of nitrogens with one attached hydrogen (secondary N) is 1. The predicted octanol–water partition coefficient (Wildman–Crippen LogP) is 2.86. The van der Waals surface area contributed by atoms with Crippen LogP contribution in [-0.2, 0) is 14.4 Å². The van der Waals surface area contributed by atoms with Gasteiger partial charge in [-0.05, 0) is 55.9 Å². The maximum atomic E-state index is 13.7. The second-order valence-electron chi connectivity index (χ2n) is 11.2. The van der Waals surface area contributed by atoms with Gasteiger partial charge >= 0.3 is 0 Å². The minimum absolute atomic E-state index is 0.00177. The van der Waals surface area contributed by atoms with E-state index in [-0.39, 0.29) is 47.9 Å². The maximum Gasteiger partial charge on any atom is 0.251 e. The van der Waals surface area contributed by atoms with Crippen molar-refractivity contribution in [2.45, 2.75) is 76.9 Å². The molecular weight excluding hydrogens is 456 g/mol. The van der Waals surface area contributed by atoms with Crippen molar-refractivity contribution in [2.75, 3.05) is 32.1 Å². The number of hydrogen-bond donors (Lipinski definition) is 1. The number of anilines is 1. The fraction of sp³-hybridized carbons (Fsp3) is 0.643. The fourth-order valence-electron chi connectivity index (χ4n) is 5.99. The first kappa shape index (κ1) is 26.2. The molecule has 3 amide bonds. The van der Waals surface area contributed by atoms with E-state index in [2.05, 4.69) is 5.32 Å². The van der Waals surface area contributed by atoms with Gasteiger partial charge in [0.25, 0.3) is 5.91 Å². The molecule has 1 aromatic carbocycles. The van der Waals surface area contributed by atoms with Crippen LogP contribution in [0.25, 0.3) is 0 Å². The number of Topliss-reactive ketones (excluding diaryl/α,β-unsaturated/α-hetero) is 1. The van der Waals surface area contributed by atoms with Crippen molar-refractivity contribution in [3.8, 4) is 0 Å². The highest BCUT2D eigenvalue weighted by molar-refractivity contribution is 6.01. The molecule has 0 spiro atoms. The maximum absolute atomic E-state index is 13.7. The van der Waals surface area contributed by atoms with E-state index in [1.54, 1.807) is 21.9 Å². The molecule has 2 aliphatic heterocycles. The lowest BCUT2D eigenvalue weighted by atomic mass is 9.88. The third-order valence-electron chi connectivity index (χ3n) is 7.90. The van der Waals surface area contributed by atoms with Crippen LogP contribution in [0.3, 0.4) is 0 Å². The highest BCUT2D eigenvalue weighted by Crippen LogP contribution is 2.34. The van der Waals surface area contributed by atoms with E-state index in [4.69, 9.17) is 0 Å². The Balaban J connectivity index is 1.46. The summed E-state index contributed by atoms with van der Waals surface area (Å²) in [5.74, 6) is -0.335. The monoisotopic (exact) mass is 496 g/mol. The van der Waals surface area contributed by atoms with Crippen LogP contribution in [0.15, 0.2) is 24.3 Å². The van der Waals surface area contributed by atoms with E-state index in [0.29, 0.717) is 24.9 Å². The lowest BCUT2D eigenvalue weighted by Crippen LogP contribution is -2.53. The molecule has 0 aromatic heterocycles. The zero-order valence-corrected chi connectivity index (χ0v) is 22.0. The van der Waals surface area contributed by atoms with Gasteiger partial charge in [0.15, 0.2) is 5.78 Å². The zero-order valence-electron chi connectivity index (χ0n) is 22.0. The van der Waals surface area contributed by atoms with Gasteiger partial charge in [-0.3, -0.25) is 19.2 Å². The van der Waals surface area contributed by atoms with Crippen LogP contribution < -0.4 is 10.2 Å². The molecule has 1 aliphatic carbocycles. The fourth-order valence-corrected chi connectivity index (χ4v) is 5.99. The van der Waals surface area contributed by atoms with Crippen LogP contribution >= 0.6 is 0 Å². The zero-order chi connectivity index (χ0) is 26.0. The standard InChI is InChI=1S/C28H40N4O4/c1-18(2)16-22(29-26(34)19-10-12-21(13-11-19)30(3)4)28(36)31-15-14-23-25(31)24(33)17-32(23)27(35)20-8-6-5-7-9-20/h10-13,18,20,22-23,25H,5-9,14-17H2,1-4H3,(H,29,34)/t22-,23?,25-/m0/s1. The number of rotatable bonds is 7. The summed E-state index contributed by atoms with van der Waals surface area (Å²) in [7, 11) is 3.87. The van der Waals surface area contributed by atoms with Crippen molar-refractivity contribution in [2.24, 2.45) is 11.8 Å². The lowest BCUT2D eigenvalue weighted by Gasteiger charge is -2.30. The van der Waals surface area contributed by atoms with Crippen LogP contribution in [0, 0.1) is 11.8 Å². The van der Waals surface area contributed by atoms with Crippen LogP contribution in [0.2, 0.25) is 0 Å². The Kier molecular flexibility index (Phi) is 8.00. The Morgan fingerprint density at radius 2 is 1.67 bits per heavy atom. The summed E-state index contributed by atoms with van der Waals surface area (Å²) in [6.45, 7) is 4.54. The van der Waals surface area contributed by atoms with Crippen molar-refractivity contribution in [3.63, 3.8) is 0 Å². The summed E-state index contributed by atoms with van der Waals surface area (Å²) < 4.78 is 0. The molecule has 2 saturated heterocycles. The number of ketones is 1. The highest BCUT2D eigenvalue weighted by Gasteiger charge is 2.52. The van der Waals surface area contributed by atoms with Gasteiger partial charge in [-0.1, -0.05) is 33.1 Å². The minimum Gasteiger partial charge on any atom is -0.378 e. The Morgan fingerprint density at radius 3 is 2.28 bits per heavy atom. The van der Waals surface area contributed by atoms with Crippen LogP contribution in [0.4, 0.5) is 5.69 Å². The summed E-state index contributed by atoms with van der Waals surface area (Å²) in [5, 5.41) is 2.93. The van der Waals surface area contributed by atoms with Crippen LogP contribution in [0.5, 0.6) is 0 Å². The molecule has 3 fully saturated rings. The molecule has 1 saturated carbocycles. The molecule has 3 aliphatic rings. The van der Waals surface area contributed by atoms with Gasteiger partial charge in [-0.15, -0.1) is 0 Å². The lowest BCUT2D eigenvalue weighted by molar-refractivity contribution is -0.138. The molecule has 0 radical (unpaired) electrons. The number of benzene rings is 1. The SMILES string of the molecule is CC(C)C[C@H](NC(=O)c1ccc(N(C)C)cc1)C(=O)N1CCC2[C@H]1C(=O)CN2C(=O)C1CCCCC1. The number of fused-ring (bicyclic) bond motifs is 1. The summed E-state index contributed by atoms with van der Waals surface area (Å²) in [6, 6.07) is 5.68. The summed E-state index contributed by atoms with van der Waals surface area (Å²) in [5.41, 5.74) is 1.47. The second-order valence-corrected chi connectivity index (χ2v) is 11.2. The quantitative estimate of drug-likeness (QED) is 0.627. The number of nitrogens with zero attached hydrogens (tertiary/aromatic N) is 3. The van der Waals surface area contributed by atoms with Gasteiger partial charge in [0.05, 0.1) is 12.6 Å². The van der Waals surface area contributed by atoms with E-state index in [1.165, 1.54) is 6.42 Å². The van der Waals surface area contributed by atoms with Gasteiger partial charge in [0.1, 0.15) is 12.1 Å². The molecule has 1 unspecified atom stereocenters. The van der Waals surface area contributed by atoms with E-state index < -0.39 is 12.1 Å². The van der Waals surface area contributed by atoms with Crippen molar-refractivity contribution in [1.29, 1.82) is 0 Å². The first-order valence-electron chi connectivity index (χ1n) is 13.4. The number of carbonyl (C=O) groups excluding carboxylic acids is 4. The largest absolute Gasteiger partial charge is 0.378 e. The van der Waals surface area contributed by atoms with Crippen molar-refractivity contribution in [1.82, 2.24) is 15.1 Å². The van der Waals surface area contributed by atoms with Gasteiger partial charge in [-0.2, -0.15) is 0 Å². The van der Waals surface area contributed by atoms with Crippen molar-refractivity contribution < 1.29 is 19.2 Å². The minimum atomic E-state index is -0.722. The van der Waals surface area contributed by atoms with E-state index >= 15 is 0 Å². The predicted molar refractivity (Wildman–Crippen MR) is 139 cm³/mol. The van der Waals surface area contributed by atoms with Crippen LogP contribution in [0.1, 0.15) is 69.2 Å². The van der Waals surface area contributed by atoms with E-state index in [1.807, 2.05) is 45.0 Å². The van der Waals surface area contributed by atoms with Crippen molar-refractivity contribution in [3.05, 3.63) is 29.8 Å². The molecule has 1 N–H and O–H groups in total. The van der Waals surface area contributed by atoms with Gasteiger partial charge < -0.3 is 20.0 Å². The average molecular weight is 497 g/mol. The number of carbonyl (C=O) groups is 4. The van der Waals surface area contributed by atoms with E-state index in [0.717, 1.165) is 31.4 Å². The molecule has 8 heteroatoms. The van der Waals surface area contributed by atoms with Crippen molar-refractivity contribution >= 4 is 29.2 Å². The molecule has 4 rings (SSSR count). The molecule has 0 bridgehead atoms.